The van der Waals surface area contributed by atoms with Gasteiger partial charge >= 0.3 is 0 Å². The summed E-state index contributed by atoms with van der Waals surface area (Å²) in [4.78, 5) is 6.54. The van der Waals surface area contributed by atoms with E-state index in [1.807, 2.05) is 12.1 Å². The van der Waals surface area contributed by atoms with Gasteiger partial charge in [-0.3, -0.25) is 4.90 Å². The minimum absolute atomic E-state index is 0.151. The SMILES string of the molecule is COc1ncccc1CN1CCC(O)C(C)C1. The summed E-state index contributed by atoms with van der Waals surface area (Å²) in [7, 11) is 1.65. The summed E-state index contributed by atoms with van der Waals surface area (Å²) >= 11 is 0. The van der Waals surface area contributed by atoms with Gasteiger partial charge in [-0.25, -0.2) is 4.98 Å². The van der Waals surface area contributed by atoms with Gasteiger partial charge in [0, 0.05) is 31.4 Å². The van der Waals surface area contributed by atoms with E-state index >= 15 is 0 Å². The van der Waals surface area contributed by atoms with Crippen LogP contribution >= 0.6 is 0 Å². The first-order chi connectivity index (χ1) is 8.20. The van der Waals surface area contributed by atoms with Crippen molar-refractivity contribution in [2.24, 2.45) is 5.92 Å². The predicted octanol–water partition coefficient (Wildman–Crippen LogP) is 1.29. The molecule has 1 aromatic heterocycles. The number of piperidine rings is 1. The van der Waals surface area contributed by atoms with Crippen LogP contribution in [0.5, 0.6) is 5.88 Å². The van der Waals surface area contributed by atoms with E-state index in [9.17, 15) is 5.11 Å². The number of aliphatic hydroxyl groups excluding tert-OH is 1. The molecular weight excluding hydrogens is 216 g/mol. The van der Waals surface area contributed by atoms with E-state index in [1.165, 1.54) is 0 Å². The lowest BCUT2D eigenvalue weighted by atomic mass is 9.96. The Labute approximate surface area is 102 Å². The molecule has 17 heavy (non-hydrogen) atoms. The van der Waals surface area contributed by atoms with Gasteiger partial charge < -0.3 is 9.84 Å². The molecule has 4 nitrogen and oxygen atoms in total. The lowest BCUT2D eigenvalue weighted by molar-refractivity contribution is 0.0317. The number of pyridine rings is 1. The van der Waals surface area contributed by atoms with Gasteiger partial charge in [0.15, 0.2) is 0 Å². The molecule has 2 heterocycles. The molecule has 1 N–H and O–H groups in total. The summed E-state index contributed by atoms with van der Waals surface area (Å²) in [5, 5.41) is 9.70. The first kappa shape index (κ1) is 12.3. The van der Waals surface area contributed by atoms with Gasteiger partial charge in [0.25, 0.3) is 0 Å². The van der Waals surface area contributed by atoms with Gasteiger partial charge in [0.2, 0.25) is 5.88 Å². The number of aromatic nitrogens is 1. The fourth-order valence-corrected chi connectivity index (χ4v) is 2.33. The molecule has 0 aliphatic carbocycles. The third-order valence-electron chi connectivity index (χ3n) is 3.38. The normalized spacial score (nSPS) is 25.8. The van der Waals surface area contributed by atoms with Gasteiger partial charge in [-0.1, -0.05) is 13.0 Å². The van der Waals surface area contributed by atoms with Crippen molar-refractivity contribution in [1.29, 1.82) is 0 Å². The van der Waals surface area contributed by atoms with Gasteiger partial charge in [0.05, 0.1) is 13.2 Å². The number of hydrogen-bond donors (Lipinski definition) is 1. The summed E-state index contributed by atoms with van der Waals surface area (Å²) < 4.78 is 5.25. The number of methoxy groups -OCH3 is 1. The molecule has 2 atom stereocenters. The smallest absolute Gasteiger partial charge is 0.217 e. The van der Waals surface area contributed by atoms with Gasteiger partial charge in [-0.2, -0.15) is 0 Å². The van der Waals surface area contributed by atoms with Crippen molar-refractivity contribution < 1.29 is 9.84 Å². The molecule has 1 aliphatic heterocycles. The monoisotopic (exact) mass is 236 g/mol. The Kier molecular flexibility index (Phi) is 3.97. The number of rotatable bonds is 3. The summed E-state index contributed by atoms with van der Waals surface area (Å²) in [6, 6.07) is 3.97. The number of ether oxygens (including phenoxy) is 1. The van der Waals surface area contributed by atoms with Crippen molar-refractivity contribution in [1.82, 2.24) is 9.88 Å². The minimum Gasteiger partial charge on any atom is -0.481 e. The van der Waals surface area contributed by atoms with Gasteiger partial charge in [-0.05, 0) is 18.4 Å². The zero-order chi connectivity index (χ0) is 12.3. The third-order valence-corrected chi connectivity index (χ3v) is 3.38. The summed E-state index contributed by atoms with van der Waals surface area (Å²) in [5.41, 5.74) is 1.11. The first-order valence-corrected chi connectivity index (χ1v) is 6.09. The zero-order valence-corrected chi connectivity index (χ0v) is 10.5. The molecule has 0 spiro atoms. The van der Waals surface area contributed by atoms with E-state index in [2.05, 4.69) is 16.8 Å². The largest absolute Gasteiger partial charge is 0.481 e. The summed E-state index contributed by atoms with van der Waals surface area (Å²) in [6.07, 6.45) is 2.44. The zero-order valence-electron chi connectivity index (χ0n) is 10.5. The number of aliphatic hydroxyl groups is 1. The molecule has 0 saturated carbocycles. The fourth-order valence-electron chi connectivity index (χ4n) is 2.33. The second kappa shape index (κ2) is 5.47. The van der Waals surface area contributed by atoms with E-state index in [-0.39, 0.29) is 6.10 Å². The quantitative estimate of drug-likeness (QED) is 0.859. The number of likely N-dealkylation sites (tertiary alicyclic amines) is 1. The average Bonchev–Trinajstić information content (AvgIpc) is 2.34. The highest BCUT2D eigenvalue weighted by Crippen LogP contribution is 2.21. The maximum atomic E-state index is 9.70. The molecule has 2 unspecified atom stereocenters. The highest BCUT2D eigenvalue weighted by Gasteiger charge is 2.24. The molecule has 4 heteroatoms. The van der Waals surface area contributed by atoms with E-state index in [0.717, 1.165) is 31.6 Å². The minimum atomic E-state index is -0.151. The molecule has 2 rings (SSSR count). The maximum absolute atomic E-state index is 9.70. The van der Waals surface area contributed by atoms with Crippen molar-refractivity contribution in [2.75, 3.05) is 20.2 Å². The van der Waals surface area contributed by atoms with Crippen molar-refractivity contribution in [2.45, 2.75) is 26.0 Å². The Morgan fingerprint density at radius 3 is 3.12 bits per heavy atom. The Balaban J connectivity index is 2.01. The molecule has 1 aliphatic rings. The molecule has 0 amide bonds. The Morgan fingerprint density at radius 1 is 1.59 bits per heavy atom. The van der Waals surface area contributed by atoms with Crippen LogP contribution in [0.25, 0.3) is 0 Å². The number of nitrogens with zero attached hydrogens (tertiary/aromatic N) is 2. The van der Waals surface area contributed by atoms with Crippen LogP contribution in [0.3, 0.4) is 0 Å². The van der Waals surface area contributed by atoms with Crippen molar-refractivity contribution in [3.05, 3.63) is 23.9 Å². The number of hydrogen-bond acceptors (Lipinski definition) is 4. The predicted molar refractivity (Wildman–Crippen MR) is 65.9 cm³/mol. The van der Waals surface area contributed by atoms with Gasteiger partial charge in [-0.15, -0.1) is 0 Å². The molecule has 0 bridgehead atoms. The summed E-state index contributed by atoms with van der Waals surface area (Å²) in [6.45, 7) is 4.80. The van der Waals surface area contributed by atoms with Crippen molar-refractivity contribution >= 4 is 0 Å². The van der Waals surface area contributed by atoms with Crippen molar-refractivity contribution in [3.63, 3.8) is 0 Å². The van der Waals surface area contributed by atoms with E-state index < -0.39 is 0 Å². The first-order valence-electron chi connectivity index (χ1n) is 6.09. The molecular formula is C13H20N2O2. The van der Waals surface area contributed by atoms with Crippen LogP contribution in [-0.2, 0) is 6.54 Å². The van der Waals surface area contributed by atoms with Crippen LogP contribution in [0.2, 0.25) is 0 Å². The van der Waals surface area contributed by atoms with Crippen LogP contribution in [0, 0.1) is 5.92 Å². The Morgan fingerprint density at radius 2 is 2.41 bits per heavy atom. The highest BCUT2D eigenvalue weighted by molar-refractivity contribution is 5.25. The molecule has 0 radical (unpaired) electrons. The topological polar surface area (TPSA) is 45.6 Å². The molecule has 1 fully saturated rings. The Bertz CT molecular complexity index is 370. The standard InChI is InChI=1S/C13H20N2O2/c1-10-8-15(7-5-12(10)16)9-11-4-3-6-14-13(11)17-2/h3-4,6,10,12,16H,5,7-9H2,1-2H3. The van der Waals surface area contributed by atoms with Gasteiger partial charge in [0.1, 0.15) is 0 Å². The van der Waals surface area contributed by atoms with E-state index in [0.29, 0.717) is 11.8 Å². The van der Waals surface area contributed by atoms with E-state index in [1.54, 1.807) is 13.3 Å². The second-order valence-corrected chi connectivity index (χ2v) is 4.74. The second-order valence-electron chi connectivity index (χ2n) is 4.74. The molecule has 1 aromatic rings. The molecule has 0 aromatic carbocycles. The lowest BCUT2D eigenvalue weighted by Gasteiger charge is -2.34. The van der Waals surface area contributed by atoms with Crippen LogP contribution in [0.15, 0.2) is 18.3 Å². The summed E-state index contributed by atoms with van der Waals surface area (Å²) in [5.74, 6) is 1.04. The van der Waals surface area contributed by atoms with Crippen LogP contribution in [0.1, 0.15) is 18.9 Å². The molecule has 1 saturated heterocycles. The van der Waals surface area contributed by atoms with E-state index in [4.69, 9.17) is 4.74 Å². The van der Waals surface area contributed by atoms with Crippen LogP contribution in [0.4, 0.5) is 0 Å². The average molecular weight is 236 g/mol. The highest BCUT2D eigenvalue weighted by atomic mass is 16.5. The third kappa shape index (κ3) is 2.96. The fraction of sp³-hybridized carbons (Fsp3) is 0.615. The van der Waals surface area contributed by atoms with Crippen LogP contribution < -0.4 is 4.74 Å². The van der Waals surface area contributed by atoms with Crippen molar-refractivity contribution in [3.8, 4) is 5.88 Å². The van der Waals surface area contributed by atoms with Crippen LogP contribution in [-0.4, -0.2) is 41.3 Å². The maximum Gasteiger partial charge on any atom is 0.217 e. The molecule has 94 valence electrons. The Hall–Kier alpha value is -1.13. The lowest BCUT2D eigenvalue weighted by Crippen LogP contribution is -2.41.